The zero-order valence-electron chi connectivity index (χ0n) is 15.8. The van der Waals surface area contributed by atoms with Gasteiger partial charge in [0.2, 0.25) is 5.91 Å². The Balaban J connectivity index is 1.59. The van der Waals surface area contributed by atoms with Gasteiger partial charge in [0.05, 0.1) is 32.9 Å². The smallest absolute Gasteiger partial charge is 0.292 e. The van der Waals surface area contributed by atoms with Gasteiger partial charge in [-0.3, -0.25) is 9.59 Å². The number of nitrogens with one attached hydrogen (secondary N) is 1. The first-order valence-electron chi connectivity index (χ1n) is 9.23. The molecule has 0 aliphatic carbocycles. The van der Waals surface area contributed by atoms with Crippen molar-refractivity contribution < 1.29 is 28.4 Å². The van der Waals surface area contributed by atoms with Crippen LogP contribution in [0.5, 0.6) is 11.5 Å². The summed E-state index contributed by atoms with van der Waals surface area (Å²) in [6.45, 7) is 1.32. The molecule has 2 atom stereocenters. The maximum atomic E-state index is 14.1. The third-order valence-corrected chi connectivity index (χ3v) is 5.57. The first-order chi connectivity index (χ1) is 13.5. The molecule has 0 aromatic heterocycles. The van der Waals surface area contributed by atoms with E-state index < -0.39 is 11.9 Å². The highest BCUT2D eigenvalue weighted by Gasteiger charge is 2.47. The van der Waals surface area contributed by atoms with Crippen molar-refractivity contribution in [2.75, 3.05) is 25.7 Å². The van der Waals surface area contributed by atoms with Gasteiger partial charge in [-0.25, -0.2) is 9.29 Å². The standard InChI is InChI=1S/C21H21FN2O4/c1-27-18-9-13-7-8-23(12-14(13)10-19(18)28-2)17-11-20(25)24(21(17)26)16-6-4-3-5-15(16)22/h3-6,9-10,17H,7-8,11-12H2,1-2H3/p+1/t17-/m1/s1. The van der Waals surface area contributed by atoms with Crippen LogP contribution < -0.4 is 19.3 Å². The third kappa shape index (κ3) is 3.01. The molecular weight excluding hydrogens is 363 g/mol. The van der Waals surface area contributed by atoms with Crippen LogP contribution in [0.2, 0.25) is 0 Å². The Bertz CT molecular complexity index is 946. The molecule has 4 rings (SSSR count). The quantitative estimate of drug-likeness (QED) is 0.802. The van der Waals surface area contributed by atoms with Crippen molar-refractivity contribution in [1.82, 2.24) is 0 Å². The lowest BCUT2D eigenvalue weighted by atomic mass is 9.97. The van der Waals surface area contributed by atoms with Crippen molar-refractivity contribution in [2.24, 2.45) is 0 Å². The fourth-order valence-electron chi connectivity index (χ4n) is 4.12. The van der Waals surface area contributed by atoms with Crippen molar-refractivity contribution in [3.63, 3.8) is 0 Å². The minimum Gasteiger partial charge on any atom is -0.493 e. The minimum absolute atomic E-state index is 0.0308. The molecule has 0 saturated carbocycles. The second-order valence-corrected chi connectivity index (χ2v) is 7.09. The summed E-state index contributed by atoms with van der Waals surface area (Å²) in [5.74, 6) is 0.0623. The minimum atomic E-state index is -0.569. The summed E-state index contributed by atoms with van der Waals surface area (Å²) in [7, 11) is 3.19. The number of imide groups is 1. The molecule has 7 heteroatoms. The molecule has 2 aromatic rings. The van der Waals surface area contributed by atoms with Gasteiger partial charge in [-0.2, -0.15) is 0 Å². The molecule has 1 unspecified atom stereocenters. The number of ether oxygens (including phenoxy) is 2. The first kappa shape index (κ1) is 18.4. The number of para-hydroxylation sites is 1. The van der Waals surface area contributed by atoms with Crippen LogP contribution >= 0.6 is 0 Å². The van der Waals surface area contributed by atoms with Crippen LogP contribution in [0.15, 0.2) is 36.4 Å². The van der Waals surface area contributed by atoms with Crippen molar-refractivity contribution in [1.29, 1.82) is 0 Å². The number of carbonyl (C=O) groups is 2. The molecule has 2 aliphatic rings. The molecule has 2 amide bonds. The SMILES string of the molecule is COc1cc2c(cc1OC)C[NH+]([C@@H]1CC(=O)N(c3ccccc3F)C1=O)CC2. The number of quaternary nitrogens is 1. The molecular formula is C21H22FN2O4+. The average molecular weight is 385 g/mol. The van der Waals surface area contributed by atoms with E-state index >= 15 is 0 Å². The maximum absolute atomic E-state index is 14.1. The van der Waals surface area contributed by atoms with Gasteiger partial charge < -0.3 is 14.4 Å². The largest absolute Gasteiger partial charge is 0.493 e. The Morgan fingerprint density at radius 3 is 2.43 bits per heavy atom. The predicted octanol–water partition coefficient (Wildman–Crippen LogP) is 1.12. The van der Waals surface area contributed by atoms with E-state index in [4.69, 9.17) is 9.47 Å². The summed E-state index contributed by atoms with van der Waals surface area (Å²) >= 11 is 0. The molecule has 2 heterocycles. The molecule has 1 N–H and O–H groups in total. The zero-order valence-corrected chi connectivity index (χ0v) is 15.8. The van der Waals surface area contributed by atoms with Gasteiger partial charge in [-0.1, -0.05) is 12.1 Å². The van der Waals surface area contributed by atoms with E-state index in [1.54, 1.807) is 20.3 Å². The molecule has 1 fully saturated rings. The number of rotatable bonds is 4. The summed E-state index contributed by atoms with van der Waals surface area (Å²) in [5.41, 5.74) is 2.26. The van der Waals surface area contributed by atoms with E-state index in [1.807, 2.05) is 12.1 Å². The van der Waals surface area contributed by atoms with Crippen LogP contribution in [-0.4, -0.2) is 38.6 Å². The van der Waals surface area contributed by atoms with Crippen LogP contribution in [0.25, 0.3) is 0 Å². The molecule has 146 valence electrons. The second kappa shape index (κ2) is 7.24. The predicted molar refractivity (Wildman–Crippen MR) is 100 cm³/mol. The highest BCUT2D eigenvalue weighted by molar-refractivity contribution is 6.21. The highest BCUT2D eigenvalue weighted by Crippen LogP contribution is 2.32. The number of carbonyl (C=O) groups excluding carboxylic acids is 2. The first-order valence-corrected chi connectivity index (χ1v) is 9.23. The Kier molecular flexibility index (Phi) is 4.77. The average Bonchev–Trinajstić information content (AvgIpc) is 3.01. The lowest BCUT2D eigenvalue weighted by Crippen LogP contribution is -3.16. The lowest BCUT2D eigenvalue weighted by molar-refractivity contribution is -0.930. The number of benzene rings is 2. The van der Waals surface area contributed by atoms with Crippen LogP contribution in [0, 0.1) is 5.82 Å². The zero-order chi connectivity index (χ0) is 19.8. The Labute approximate surface area is 162 Å². The van der Waals surface area contributed by atoms with E-state index in [0.29, 0.717) is 18.0 Å². The van der Waals surface area contributed by atoms with E-state index in [2.05, 4.69) is 0 Å². The number of anilines is 1. The van der Waals surface area contributed by atoms with Crippen molar-refractivity contribution >= 4 is 17.5 Å². The molecule has 2 aromatic carbocycles. The lowest BCUT2D eigenvalue weighted by Gasteiger charge is -2.30. The van der Waals surface area contributed by atoms with Crippen LogP contribution in [0.1, 0.15) is 17.5 Å². The molecule has 0 bridgehead atoms. The summed E-state index contributed by atoms with van der Waals surface area (Å²) in [6.07, 6.45) is 0.855. The molecule has 2 aliphatic heterocycles. The van der Waals surface area contributed by atoms with Crippen LogP contribution in [-0.2, 0) is 22.6 Å². The Hall–Kier alpha value is -2.93. The number of amides is 2. The molecule has 6 nitrogen and oxygen atoms in total. The van der Waals surface area contributed by atoms with E-state index in [-0.39, 0.29) is 23.9 Å². The normalized spacial score (nSPS) is 21.6. The van der Waals surface area contributed by atoms with Gasteiger partial charge in [0.15, 0.2) is 17.5 Å². The number of methoxy groups -OCH3 is 2. The van der Waals surface area contributed by atoms with Gasteiger partial charge in [0.1, 0.15) is 12.4 Å². The summed E-state index contributed by atoms with van der Waals surface area (Å²) in [5, 5.41) is 0. The molecule has 1 saturated heterocycles. The highest BCUT2D eigenvalue weighted by atomic mass is 19.1. The van der Waals surface area contributed by atoms with Gasteiger partial charge in [0.25, 0.3) is 5.91 Å². The Morgan fingerprint density at radius 1 is 1.07 bits per heavy atom. The summed E-state index contributed by atoms with van der Waals surface area (Å²) in [6, 6.07) is 9.28. The fourth-order valence-corrected chi connectivity index (χ4v) is 4.12. The number of hydrogen-bond acceptors (Lipinski definition) is 4. The fraction of sp³-hybridized carbons (Fsp3) is 0.333. The summed E-state index contributed by atoms with van der Waals surface area (Å²) in [4.78, 5) is 27.5. The van der Waals surface area contributed by atoms with Gasteiger partial charge in [-0.05, 0) is 29.8 Å². The number of fused-ring (bicyclic) bond motifs is 1. The number of halogens is 1. The number of nitrogens with zero attached hydrogens (tertiary/aromatic N) is 1. The van der Waals surface area contributed by atoms with Gasteiger partial charge in [0, 0.05) is 12.0 Å². The molecule has 0 radical (unpaired) electrons. The monoisotopic (exact) mass is 385 g/mol. The molecule has 28 heavy (non-hydrogen) atoms. The molecule has 0 spiro atoms. The van der Waals surface area contributed by atoms with Gasteiger partial charge in [-0.15, -0.1) is 0 Å². The van der Waals surface area contributed by atoms with Crippen LogP contribution in [0.4, 0.5) is 10.1 Å². The third-order valence-electron chi connectivity index (χ3n) is 5.57. The van der Waals surface area contributed by atoms with Crippen LogP contribution in [0.3, 0.4) is 0 Å². The van der Waals surface area contributed by atoms with Crippen molar-refractivity contribution in [3.8, 4) is 11.5 Å². The maximum Gasteiger partial charge on any atom is 0.292 e. The van der Waals surface area contributed by atoms with Crippen molar-refractivity contribution in [2.45, 2.75) is 25.4 Å². The van der Waals surface area contributed by atoms with Crippen molar-refractivity contribution in [3.05, 3.63) is 53.3 Å². The van der Waals surface area contributed by atoms with E-state index in [0.717, 1.165) is 33.9 Å². The number of hydrogen-bond donors (Lipinski definition) is 1. The van der Waals surface area contributed by atoms with E-state index in [1.165, 1.54) is 18.2 Å². The Morgan fingerprint density at radius 2 is 1.75 bits per heavy atom. The van der Waals surface area contributed by atoms with E-state index in [9.17, 15) is 14.0 Å². The van der Waals surface area contributed by atoms with Gasteiger partial charge >= 0.3 is 0 Å². The second-order valence-electron chi connectivity index (χ2n) is 7.09. The summed E-state index contributed by atoms with van der Waals surface area (Å²) < 4.78 is 24.9. The topological polar surface area (TPSA) is 60.3 Å².